The molecule has 2 N–H and O–H groups in total. The second-order valence-corrected chi connectivity index (χ2v) is 5.24. The number of hydrogen-bond donors (Lipinski definition) is 1. The molecule has 6 heteroatoms. The highest BCUT2D eigenvalue weighted by Gasteiger charge is 1.97. The summed E-state index contributed by atoms with van der Waals surface area (Å²) < 4.78 is 11.9. The predicted octanol–water partition coefficient (Wildman–Crippen LogP) is 3.20. The first-order valence-corrected chi connectivity index (χ1v) is 7.54. The van der Waals surface area contributed by atoms with E-state index in [1.807, 2.05) is 54.6 Å². The van der Waals surface area contributed by atoms with E-state index in [4.69, 9.17) is 20.0 Å². The third kappa shape index (κ3) is 6.05. The lowest BCUT2D eigenvalue weighted by molar-refractivity contribution is 0.105. The number of para-hydroxylation sites is 1. The zero-order valence-electron chi connectivity index (χ0n) is 11.9. The van der Waals surface area contributed by atoms with Crippen LogP contribution >= 0.6 is 15.9 Å². The molecule has 0 saturated heterocycles. The van der Waals surface area contributed by atoms with Gasteiger partial charge in [0.2, 0.25) is 0 Å². The highest BCUT2D eigenvalue weighted by molar-refractivity contribution is 9.10. The minimum Gasteiger partial charge on any atom is -0.490 e. The number of benzene rings is 2. The van der Waals surface area contributed by atoms with Gasteiger partial charge in [-0.1, -0.05) is 39.3 Å². The topological polar surface area (TPSA) is 66.1 Å². The van der Waals surface area contributed by atoms with Crippen molar-refractivity contribution in [2.45, 2.75) is 0 Å². The molecule has 0 aromatic heterocycles. The van der Waals surface area contributed by atoms with Gasteiger partial charge in [0, 0.05) is 4.47 Å². The molecule has 22 heavy (non-hydrogen) atoms. The van der Waals surface area contributed by atoms with Crippen LogP contribution in [0.5, 0.6) is 11.5 Å². The number of halogens is 1. The second-order valence-electron chi connectivity index (χ2n) is 4.32. The molecule has 0 bridgehead atoms. The van der Waals surface area contributed by atoms with Gasteiger partial charge in [-0.05, 0) is 36.4 Å². The van der Waals surface area contributed by atoms with Crippen LogP contribution in [-0.4, -0.2) is 25.7 Å². The van der Waals surface area contributed by atoms with Crippen molar-refractivity contribution in [3.63, 3.8) is 0 Å². The number of oxime groups is 1. The minimum atomic E-state index is 0.178. The van der Waals surface area contributed by atoms with Crippen LogP contribution < -0.4 is 15.2 Å². The molecule has 0 aliphatic rings. The number of amidine groups is 1. The first-order valence-electron chi connectivity index (χ1n) is 6.74. The fourth-order valence-corrected chi connectivity index (χ4v) is 1.82. The number of nitrogens with zero attached hydrogens (tertiary/aromatic N) is 1. The van der Waals surface area contributed by atoms with Crippen LogP contribution in [0.2, 0.25) is 0 Å². The molecule has 0 heterocycles. The fraction of sp³-hybridized carbons (Fsp3) is 0.188. The maximum absolute atomic E-state index is 5.69. The quantitative estimate of drug-likeness (QED) is 0.338. The molecule has 0 unspecified atom stereocenters. The van der Waals surface area contributed by atoms with Crippen molar-refractivity contribution in [1.82, 2.24) is 0 Å². The van der Waals surface area contributed by atoms with Crippen molar-refractivity contribution in [3.8, 4) is 11.5 Å². The van der Waals surface area contributed by atoms with Gasteiger partial charge in [-0.25, -0.2) is 0 Å². The third-order valence-electron chi connectivity index (χ3n) is 2.57. The van der Waals surface area contributed by atoms with E-state index in [1.165, 1.54) is 0 Å². The molecule has 0 amide bonds. The first-order chi connectivity index (χ1) is 10.7. The van der Waals surface area contributed by atoms with Crippen molar-refractivity contribution in [2.75, 3.05) is 19.8 Å². The molecule has 0 aliphatic heterocycles. The molecule has 2 aromatic rings. The zero-order valence-corrected chi connectivity index (χ0v) is 13.5. The summed E-state index contributed by atoms with van der Waals surface area (Å²) >= 11 is 3.36. The normalized spacial score (nSPS) is 11.0. The summed E-state index contributed by atoms with van der Waals surface area (Å²) in [6, 6.07) is 16.9. The molecule has 0 atom stereocenters. The van der Waals surface area contributed by atoms with Crippen molar-refractivity contribution in [2.24, 2.45) is 10.9 Å². The molecular formula is C16H17BrN2O3. The summed E-state index contributed by atoms with van der Waals surface area (Å²) in [4.78, 5) is 5.08. The summed E-state index contributed by atoms with van der Waals surface area (Å²) in [7, 11) is 0. The van der Waals surface area contributed by atoms with E-state index in [-0.39, 0.29) is 12.4 Å². The highest BCUT2D eigenvalue weighted by Crippen LogP contribution is 2.15. The van der Waals surface area contributed by atoms with Gasteiger partial charge in [0.05, 0.1) is 0 Å². The smallest absolute Gasteiger partial charge is 0.177 e. The lowest BCUT2D eigenvalue weighted by atomic mass is 10.3. The maximum Gasteiger partial charge on any atom is 0.177 e. The molecular weight excluding hydrogens is 348 g/mol. The Morgan fingerprint density at radius 2 is 1.59 bits per heavy atom. The van der Waals surface area contributed by atoms with Gasteiger partial charge in [-0.15, -0.1) is 0 Å². The van der Waals surface area contributed by atoms with Gasteiger partial charge >= 0.3 is 0 Å². The van der Waals surface area contributed by atoms with E-state index in [0.29, 0.717) is 13.2 Å². The fourth-order valence-electron chi connectivity index (χ4n) is 1.56. The van der Waals surface area contributed by atoms with Crippen LogP contribution in [0.25, 0.3) is 0 Å². The van der Waals surface area contributed by atoms with Gasteiger partial charge in [0.25, 0.3) is 0 Å². The third-order valence-corrected chi connectivity index (χ3v) is 3.10. The standard InChI is InChI=1S/C16H17BrN2O3/c17-13-6-8-15(9-7-13)20-10-11-22-19-16(18)12-21-14-4-2-1-3-5-14/h1-9H,10-12H2,(H2,18,19). The highest BCUT2D eigenvalue weighted by atomic mass is 79.9. The SMILES string of the molecule is N/C(COc1ccccc1)=N\OCCOc1ccc(Br)cc1. The molecule has 0 radical (unpaired) electrons. The summed E-state index contributed by atoms with van der Waals surface area (Å²) in [6.07, 6.45) is 0. The largest absolute Gasteiger partial charge is 0.490 e. The Balaban J connectivity index is 1.61. The molecule has 0 aliphatic carbocycles. The predicted molar refractivity (Wildman–Crippen MR) is 89.1 cm³/mol. The van der Waals surface area contributed by atoms with Crippen LogP contribution in [0.15, 0.2) is 64.2 Å². The average molecular weight is 365 g/mol. The summed E-state index contributed by atoms with van der Waals surface area (Å²) in [5.74, 6) is 1.78. The van der Waals surface area contributed by atoms with Crippen molar-refractivity contribution >= 4 is 21.8 Å². The van der Waals surface area contributed by atoms with Gasteiger partial charge < -0.3 is 20.0 Å². The van der Waals surface area contributed by atoms with Crippen LogP contribution in [0.3, 0.4) is 0 Å². The van der Waals surface area contributed by atoms with Crippen LogP contribution in [0, 0.1) is 0 Å². The van der Waals surface area contributed by atoms with Gasteiger partial charge in [0.1, 0.15) is 24.7 Å². The first kappa shape index (κ1) is 16.2. The van der Waals surface area contributed by atoms with Crippen LogP contribution in [-0.2, 0) is 4.84 Å². The molecule has 116 valence electrons. The van der Waals surface area contributed by atoms with Crippen molar-refractivity contribution in [3.05, 3.63) is 59.1 Å². The van der Waals surface area contributed by atoms with E-state index in [9.17, 15) is 0 Å². The van der Waals surface area contributed by atoms with E-state index in [2.05, 4.69) is 21.1 Å². The average Bonchev–Trinajstić information content (AvgIpc) is 2.55. The number of nitrogens with two attached hydrogens (primary N) is 1. The Bertz CT molecular complexity index is 588. The minimum absolute atomic E-state index is 0.178. The van der Waals surface area contributed by atoms with Crippen molar-refractivity contribution in [1.29, 1.82) is 0 Å². The molecule has 0 fully saturated rings. The van der Waals surface area contributed by atoms with Crippen LogP contribution in [0.1, 0.15) is 0 Å². The van der Waals surface area contributed by atoms with E-state index >= 15 is 0 Å². The summed E-state index contributed by atoms with van der Waals surface area (Å²) in [5.41, 5.74) is 5.69. The number of rotatable bonds is 8. The Hall–Kier alpha value is -2.21. The Morgan fingerprint density at radius 1 is 0.909 bits per heavy atom. The molecule has 5 nitrogen and oxygen atoms in total. The number of ether oxygens (including phenoxy) is 2. The van der Waals surface area contributed by atoms with E-state index < -0.39 is 0 Å². The lowest BCUT2D eigenvalue weighted by Gasteiger charge is -2.07. The Labute approximate surface area is 137 Å². The molecule has 0 saturated carbocycles. The lowest BCUT2D eigenvalue weighted by Crippen LogP contribution is -2.21. The molecule has 2 rings (SSSR count). The molecule has 0 spiro atoms. The Morgan fingerprint density at radius 3 is 2.32 bits per heavy atom. The van der Waals surface area contributed by atoms with Crippen molar-refractivity contribution < 1.29 is 14.3 Å². The van der Waals surface area contributed by atoms with Gasteiger partial charge in [0.15, 0.2) is 12.4 Å². The monoisotopic (exact) mass is 364 g/mol. The van der Waals surface area contributed by atoms with E-state index in [1.54, 1.807) is 0 Å². The second kappa shape index (κ2) is 8.94. The van der Waals surface area contributed by atoms with Gasteiger partial charge in [-0.3, -0.25) is 0 Å². The maximum atomic E-state index is 5.69. The van der Waals surface area contributed by atoms with E-state index in [0.717, 1.165) is 16.0 Å². The van der Waals surface area contributed by atoms with Crippen LogP contribution in [0.4, 0.5) is 0 Å². The number of hydrogen-bond acceptors (Lipinski definition) is 4. The summed E-state index contributed by atoms with van der Waals surface area (Å²) in [6.45, 7) is 0.873. The van der Waals surface area contributed by atoms with Gasteiger partial charge in [-0.2, -0.15) is 0 Å². The zero-order chi connectivity index (χ0) is 15.6. The summed E-state index contributed by atoms with van der Waals surface area (Å²) in [5, 5.41) is 3.77. The Kier molecular flexibility index (Phi) is 6.57. The molecule has 2 aromatic carbocycles.